The minimum atomic E-state index is 0.997. The lowest BCUT2D eigenvalue weighted by Crippen LogP contribution is -2.10. The minimum absolute atomic E-state index is 0.997. The van der Waals surface area contributed by atoms with Crippen molar-refractivity contribution in [2.24, 2.45) is 0 Å². The highest BCUT2D eigenvalue weighted by Gasteiger charge is 2.13. The van der Waals surface area contributed by atoms with E-state index in [1.807, 2.05) is 0 Å². The zero-order chi connectivity index (χ0) is 15.1. The van der Waals surface area contributed by atoms with E-state index in [0.717, 1.165) is 6.54 Å². The number of hydrogen-bond donors (Lipinski definition) is 0. The molecule has 4 rings (SSSR count). The highest BCUT2D eigenvalue weighted by atomic mass is 15.0. The second-order valence-corrected chi connectivity index (χ2v) is 6.86. The SMILES string of the molecule is CN(C)Cc1ccc2ccc3c4c(ccc3c2c1)CCCC4. The fourth-order valence-corrected chi connectivity index (χ4v) is 3.90. The topological polar surface area (TPSA) is 3.24 Å². The standard InChI is InChI=1S/C21H23N/c1-22(2)14-15-7-8-17-10-11-19-18-6-4-3-5-16(18)9-12-20(19)21(17)13-15/h7-13H,3-6,14H2,1-2H3. The molecule has 1 heteroatoms. The molecule has 0 unspecified atom stereocenters. The summed E-state index contributed by atoms with van der Waals surface area (Å²) >= 11 is 0. The van der Waals surface area contributed by atoms with E-state index in [2.05, 4.69) is 61.5 Å². The summed E-state index contributed by atoms with van der Waals surface area (Å²) in [6, 6.07) is 16.3. The summed E-state index contributed by atoms with van der Waals surface area (Å²) in [6.07, 6.45) is 5.18. The van der Waals surface area contributed by atoms with Crippen molar-refractivity contribution in [2.45, 2.75) is 32.2 Å². The molecule has 0 aliphatic heterocycles. The van der Waals surface area contributed by atoms with E-state index in [4.69, 9.17) is 0 Å². The lowest BCUT2D eigenvalue weighted by molar-refractivity contribution is 0.403. The maximum absolute atomic E-state index is 2.38. The first-order valence-electron chi connectivity index (χ1n) is 8.33. The minimum Gasteiger partial charge on any atom is -0.305 e. The number of nitrogens with zero attached hydrogens (tertiary/aromatic N) is 1. The Morgan fingerprint density at radius 1 is 0.818 bits per heavy atom. The lowest BCUT2D eigenvalue weighted by atomic mass is 9.86. The molecule has 0 saturated carbocycles. The van der Waals surface area contributed by atoms with Crippen molar-refractivity contribution in [3.05, 3.63) is 59.2 Å². The average Bonchev–Trinajstić information content (AvgIpc) is 2.53. The van der Waals surface area contributed by atoms with Crippen LogP contribution < -0.4 is 0 Å². The second kappa shape index (κ2) is 5.40. The number of aryl methyl sites for hydroxylation is 2. The van der Waals surface area contributed by atoms with Gasteiger partial charge < -0.3 is 4.90 Å². The van der Waals surface area contributed by atoms with Crippen molar-refractivity contribution in [1.82, 2.24) is 4.90 Å². The van der Waals surface area contributed by atoms with Gasteiger partial charge in [0.1, 0.15) is 0 Å². The van der Waals surface area contributed by atoms with Crippen LogP contribution in [0.15, 0.2) is 42.5 Å². The van der Waals surface area contributed by atoms with Crippen molar-refractivity contribution < 1.29 is 0 Å². The molecule has 0 heterocycles. The first-order valence-corrected chi connectivity index (χ1v) is 8.33. The summed E-state index contributed by atoms with van der Waals surface area (Å²) in [7, 11) is 4.26. The van der Waals surface area contributed by atoms with Crippen LogP contribution in [0, 0.1) is 0 Å². The van der Waals surface area contributed by atoms with Gasteiger partial charge in [0.25, 0.3) is 0 Å². The van der Waals surface area contributed by atoms with Crippen LogP contribution in [0.3, 0.4) is 0 Å². The molecule has 0 amide bonds. The molecule has 0 saturated heterocycles. The molecule has 0 fully saturated rings. The van der Waals surface area contributed by atoms with Crippen LogP contribution >= 0.6 is 0 Å². The van der Waals surface area contributed by atoms with Crippen molar-refractivity contribution >= 4 is 21.5 Å². The Kier molecular flexibility index (Phi) is 3.38. The molecule has 1 nitrogen and oxygen atoms in total. The summed E-state index contributed by atoms with van der Waals surface area (Å²) in [5, 5.41) is 5.67. The van der Waals surface area contributed by atoms with Gasteiger partial charge in [-0.25, -0.2) is 0 Å². The Labute approximate surface area is 132 Å². The van der Waals surface area contributed by atoms with E-state index < -0.39 is 0 Å². The molecule has 0 radical (unpaired) electrons. The van der Waals surface area contributed by atoms with Gasteiger partial charge in [0.05, 0.1) is 0 Å². The van der Waals surface area contributed by atoms with Crippen LogP contribution in [0.2, 0.25) is 0 Å². The Hall–Kier alpha value is -1.86. The van der Waals surface area contributed by atoms with Gasteiger partial charge in [-0.2, -0.15) is 0 Å². The van der Waals surface area contributed by atoms with Crippen molar-refractivity contribution in [1.29, 1.82) is 0 Å². The first kappa shape index (κ1) is 13.8. The van der Waals surface area contributed by atoms with Crippen LogP contribution in [-0.2, 0) is 19.4 Å². The number of benzene rings is 3. The normalized spacial score (nSPS) is 14.7. The molecule has 3 aromatic carbocycles. The molecule has 3 aromatic rings. The second-order valence-electron chi connectivity index (χ2n) is 6.86. The fourth-order valence-electron chi connectivity index (χ4n) is 3.90. The molecule has 1 aliphatic rings. The highest BCUT2D eigenvalue weighted by molar-refractivity contribution is 6.09. The summed E-state index contributed by atoms with van der Waals surface area (Å²) < 4.78 is 0. The van der Waals surface area contributed by atoms with Gasteiger partial charge in [0, 0.05) is 6.54 Å². The Bertz CT molecular complexity index is 845. The molecule has 22 heavy (non-hydrogen) atoms. The average molecular weight is 289 g/mol. The van der Waals surface area contributed by atoms with E-state index in [9.17, 15) is 0 Å². The maximum atomic E-state index is 2.38. The third kappa shape index (κ3) is 2.30. The van der Waals surface area contributed by atoms with Crippen molar-refractivity contribution in [3.63, 3.8) is 0 Å². The first-order chi connectivity index (χ1) is 10.7. The predicted molar refractivity (Wildman–Crippen MR) is 95.5 cm³/mol. The zero-order valence-corrected chi connectivity index (χ0v) is 13.5. The third-order valence-corrected chi connectivity index (χ3v) is 4.91. The van der Waals surface area contributed by atoms with Crippen LogP contribution in [0.25, 0.3) is 21.5 Å². The van der Waals surface area contributed by atoms with E-state index in [-0.39, 0.29) is 0 Å². The summed E-state index contributed by atoms with van der Waals surface area (Å²) in [4.78, 5) is 2.23. The predicted octanol–water partition coefficient (Wildman–Crippen LogP) is 4.93. The molecule has 1 aliphatic carbocycles. The molecule has 112 valence electrons. The van der Waals surface area contributed by atoms with Gasteiger partial charge in [-0.1, -0.05) is 36.4 Å². The monoisotopic (exact) mass is 289 g/mol. The number of rotatable bonds is 2. The lowest BCUT2D eigenvalue weighted by Gasteiger charge is -2.19. The Morgan fingerprint density at radius 3 is 2.45 bits per heavy atom. The molecule has 0 atom stereocenters. The van der Waals surface area contributed by atoms with Crippen LogP contribution in [0.5, 0.6) is 0 Å². The number of fused-ring (bicyclic) bond motifs is 5. The zero-order valence-electron chi connectivity index (χ0n) is 13.5. The molecule has 0 N–H and O–H groups in total. The van der Waals surface area contributed by atoms with Crippen molar-refractivity contribution in [3.8, 4) is 0 Å². The molecule has 0 aromatic heterocycles. The maximum Gasteiger partial charge on any atom is 0.0227 e. The fraction of sp³-hybridized carbons (Fsp3) is 0.333. The van der Waals surface area contributed by atoms with E-state index in [0.29, 0.717) is 0 Å². The Balaban J connectivity index is 1.97. The number of hydrogen-bond acceptors (Lipinski definition) is 1. The van der Waals surface area contributed by atoms with Gasteiger partial charge >= 0.3 is 0 Å². The summed E-state index contributed by atoms with van der Waals surface area (Å²) in [5.74, 6) is 0. The van der Waals surface area contributed by atoms with Crippen LogP contribution in [-0.4, -0.2) is 19.0 Å². The summed E-state index contributed by atoms with van der Waals surface area (Å²) in [5.41, 5.74) is 4.56. The van der Waals surface area contributed by atoms with Crippen molar-refractivity contribution in [2.75, 3.05) is 14.1 Å². The van der Waals surface area contributed by atoms with Gasteiger partial charge in [0.15, 0.2) is 0 Å². The van der Waals surface area contributed by atoms with Gasteiger partial charge in [-0.3, -0.25) is 0 Å². The van der Waals surface area contributed by atoms with E-state index >= 15 is 0 Å². The van der Waals surface area contributed by atoms with E-state index in [1.54, 1.807) is 11.1 Å². The van der Waals surface area contributed by atoms with Gasteiger partial charge in [0.2, 0.25) is 0 Å². The van der Waals surface area contributed by atoms with Crippen LogP contribution in [0.1, 0.15) is 29.5 Å². The quantitative estimate of drug-likeness (QED) is 0.604. The summed E-state index contributed by atoms with van der Waals surface area (Å²) in [6.45, 7) is 0.997. The van der Waals surface area contributed by atoms with E-state index in [1.165, 1.54) is 52.8 Å². The molecular weight excluding hydrogens is 266 g/mol. The molecule has 0 spiro atoms. The van der Waals surface area contributed by atoms with Gasteiger partial charge in [-0.05, 0) is 84.1 Å². The molecular formula is C21H23N. The van der Waals surface area contributed by atoms with Crippen LogP contribution in [0.4, 0.5) is 0 Å². The Morgan fingerprint density at radius 2 is 1.59 bits per heavy atom. The third-order valence-electron chi connectivity index (χ3n) is 4.91. The smallest absolute Gasteiger partial charge is 0.0227 e. The van der Waals surface area contributed by atoms with Gasteiger partial charge in [-0.15, -0.1) is 0 Å². The molecule has 0 bridgehead atoms. The highest BCUT2D eigenvalue weighted by Crippen LogP contribution is 2.33. The largest absolute Gasteiger partial charge is 0.305 e.